The van der Waals surface area contributed by atoms with E-state index in [0.717, 1.165) is 0 Å². The van der Waals surface area contributed by atoms with Crippen LogP contribution in [0.4, 0.5) is 0 Å². The molecule has 0 atom stereocenters. The van der Waals surface area contributed by atoms with Crippen LogP contribution in [0.1, 0.15) is 31.3 Å². The molecule has 0 aliphatic rings. The minimum absolute atomic E-state index is 0.0394. The van der Waals surface area contributed by atoms with E-state index in [2.05, 4.69) is 9.97 Å². The third-order valence-corrected chi connectivity index (χ3v) is 1.04. The van der Waals surface area contributed by atoms with Gasteiger partial charge in [-0.25, -0.2) is 4.98 Å². The number of hydrogen-bond donors (Lipinski definition) is 1. The average Bonchev–Trinajstić information content (AvgIpc) is 2.08. The lowest BCUT2D eigenvalue weighted by atomic mass is 10.3. The standard InChI is InChI=1S/C6H6N2O2.C2H6/c1-4(9)5-6(10)8-3-2-7-5;1-2/h2-3H,1H3,(H,8,10);1-2H3. The van der Waals surface area contributed by atoms with Crippen LogP contribution in [0.25, 0.3) is 0 Å². The van der Waals surface area contributed by atoms with Gasteiger partial charge in [0.25, 0.3) is 5.56 Å². The Bertz CT molecular complexity index is 304. The molecule has 0 radical (unpaired) electrons. The maximum Gasteiger partial charge on any atom is 0.277 e. The van der Waals surface area contributed by atoms with Gasteiger partial charge in [-0.15, -0.1) is 0 Å². The molecule has 0 saturated carbocycles. The van der Waals surface area contributed by atoms with Gasteiger partial charge in [-0.2, -0.15) is 0 Å². The lowest BCUT2D eigenvalue weighted by Gasteiger charge is -1.88. The maximum atomic E-state index is 10.7. The molecule has 4 heteroatoms. The fourth-order valence-corrected chi connectivity index (χ4v) is 0.603. The molecule has 1 heterocycles. The fourth-order valence-electron chi connectivity index (χ4n) is 0.603. The van der Waals surface area contributed by atoms with E-state index in [4.69, 9.17) is 0 Å². The SMILES string of the molecule is CC.CC(=O)c1ncc[nH]c1=O. The van der Waals surface area contributed by atoms with Crippen molar-refractivity contribution >= 4 is 5.78 Å². The summed E-state index contributed by atoms with van der Waals surface area (Å²) < 4.78 is 0. The Morgan fingerprint density at radius 1 is 1.50 bits per heavy atom. The van der Waals surface area contributed by atoms with E-state index in [1.165, 1.54) is 19.3 Å². The summed E-state index contributed by atoms with van der Waals surface area (Å²) in [4.78, 5) is 27.2. The van der Waals surface area contributed by atoms with Gasteiger partial charge in [0.05, 0.1) is 0 Å². The number of nitrogens with one attached hydrogen (secondary N) is 1. The summed E-state index contributed by atoms with van der Waals surface area (Å²) in [5.41, 5.74) is -0.475. The number of nitrogens with zero attached hydrogens (tertiary/aromatic N) is 1. The summed E-state index contributed by atoms with van der Waals surface area (Å²) in [5.74, 6) is -0.318. The highest BCUT2D eigenvalue weighted by molar-refractivity contribution is 5.91. The second kappa shape index (κ2) is 5.23. The average molecular weight is 168 g/mol. The first-order valence-corrected chi connectivity index (χ1v) is 3.76. The Morgan fingerprint density at radius 3 is 2.42 bits per heavy atom. The Morgan fingerprint density at radius 2 is 2.08 bits per heavy atom. The monoisotopic (exact) mass is 168 g/mol. The first-order valence-electron chi connectivity index (χ1n) is 3.76. The summed E-state index contributed by atoms with van der Waals surface area (Å²) >= 11 is 0. The molecular formula is C8H12N2O2. The molecule has 12 heavy (non-hydrogen) atoms. The molecule has 4 nitrogen and oxygen atoms in total. The highest BCUT2D eigenvalue weighted by atomic mass is 16.1. The van der Waals surface area contributed by atoms with Crippen LogP contribution in [0, 0.1) is 0 Å². The highest BCUT2D eigenvalue weighted by Crippen LogP contribution is 1.82. The molecule has 0 bridgehead atoms. The van der Waals surface area contributed by atoms with Crippen molar-refractivity contribution in [1.82, 2.24) is 9.97 Å². The second-order valence-corrected chi connectivity index (χ2v) is 1.82. The van der Waals surface area contributed by atoms with Gasteiger partial charge < -0.3 is 4.98 Å². The molecule has 0 aliphatic heterocycles. The summed E-state index contributed by atoms with van der Waals surface area (Å²) in [7, 11) is 0. The lowest BCUT2D eigenvalue weighted by molar-refractivity contribution is 0.101. The number of hydrogen-bond acceptors (Lipinski definition) is 3. The molecule has 1 aromatic rings. The summed E-state index contributed by atoms with van der Waals surface area (Å²) in [5, 5.41) is 0. The zero-order valence-electron chi connectivity index (χ0n) is 7.42. The Balaban J connectivity index is 0.000000561. The minimum atomic E-state index is -0.435. The van der Waals surface area contributed by atoms with Crippen LogP contribution < -0.4 is 5.56 Å². The predicted molar refractivity (Wildman–Crippen MR) is 46.2 cm³/mol. The Hall–Kier alpha value is -1.45. The van der Waals surface area contributed by atoms with Gasteiger partial charge >= 0.3 is 0 Å². The van der Waals surface area contributed by atoms with Gasteiger partial charge in [0, 0.05) is 19.3 Å². The molecule has 0 spiro atoms. The highest BCUT2D eigenvalue weighted by Gasteiger charge is 2.03. The van der Waals surface area contributed by atoms with Crippen molar-refractivity contribution in [1.29, 1.82) is 0 Å². The molecule has 1 N–H and O–H groups in total. The van der Waals surface area contributed by atoms with Crippen LogP contribution in [0.5, 0.6) is 0 Å². The first-order chi connectivity index (χ1) is 5.72. The van der Waals surface area contributed by atoms with Crippen LogP contribution in [-0.2, 0) is 0 Å². The van der Waals surface area contributed by atoms with E-state index >= 15 is 0 Å². The van der Waals surface area contributed by atoms with Crippen LogP contribution in [-0.4, -0.2) is 15.8 Å². The zero-order chi connectivity index (χ0) is 9.56. The molecule has 1 aromatic heterocycles. The summed E-state index contributed by atoms with van der Waals surface area (Å²) in [6.07, 6.45) is 2.76. The van der Waals surface area contributed by atoms with Gasteiger partial charge in [0.1, 0.15) is 0 Å². The molecule has 66 valence electrons. The van der Waals surface area contributed by atoms with E-state index in [1.807, 2.05) is 13.8 Å². The number of carbonyl (C=O) groups is 1. The molecule has 0 fully saturated rings. The topological polar surface area (TPSA) is 62.8 Å². The van der Waals surface area contributed by atoms with E-state index in [0.29, 0.717) is 0 Å². The van der Waals surface area contributed by atoms with Gasteiger partial charge in [0.2, 0.25) is 0 Å². The summed E-state index contributed by atoms with van der Waals surface area (Å²) in [6.45, 7) is 5.30. The van der Waals surface area contributed by atoms with Crippen LogP contribution in [0.2, 0.25) is 0 Å². The smallest absolute Gasteiger partial charge is 0.277 e. The third-order valence-electron chi connectivity index (χ3n) is 1.04. The zero-order valence-corrected chi connectivity index (χ0v) is 7.42. The Labute approximate surface area is 70.7 Å². The second-order valence-electron chi connectivity index (χ2n) is 1.82. The van der Waals surface area contributed by atoms with Crippen LogP contribution in [0.3, 0.4) is 0 Å². The number of H-pyrrole nitrogens is 1. The lowest BCUT2D eigenvalue weighted by Crippen LogP contribution is -2.16. The molecule has 0 saturated heterocycles. The molecule has 0 aromatic carbocycles. The Kier molecular flexibility index (Phi) is 4.60. The molecular weight excluding hydrogens is 156 g/mol. The van der Waals surface area contributed by atoms with Crippen molar-refractivity contribution in [2.45, 2.75) is 20.8 Å². The molecule has 0 amide bonds. The van der Waals surface area contributed by atoms with E-state index in [1.54, 1.807) is 0 Å². The van der Waals surface area contributed by atoms with E-state index < -0.39 is 5.56 Å². The number of Topliss-reactive ketones (excluding diaryl/α,β-unsaturated/α-hetero) is 1. The normalized spacial score (nSPS) is 8.25. The number of aromatic nitrogens is 2. The predicted octanol–water partition coefficient (Wildman–Crippen LogP) is 0.999. The maximum absolute atomic E-state index is 10.7. The van der Waals surface area contributed by atoms with Crippen molar-refractivity contribution in [3.63, 3.8) is 0 Å². The number of rotatable bonds is 1. The van der Waals surface area contributed by atoms with Gasteiger partial charge in [0.15, 0.2) is 11.5 Å². The van der Waals surface area contributed by atoms with Gasteiger partial charge in [-0.1, -0.05) is 13.8 Å². The van der Waals surface area contributed by atoms with Crippen LogP contribution >= 0.6 is 0 Å². The molecule has 1 rings (SSSR count). The first kappa shape index (κ1) is 10.6. The third kappa shape index (κ3) is 2.65. The van der Waals surface area contributed by atoms with Crippen molar-refractivity contribution in [2.24, 2.45) is 0 Å². The van der Waals surface area contributed by atoms with Gasteiger partial charge in [-0.3, -0.25) is 9.59 Å². The van der Waals surface area contributed by atoms with Crippen molar-refractivity contribution in [3.8, 4) is 0 Å². The van der Waals surface area contributed by atoms with Crippen molar-refractivity contribution in [3.05, 3.63) is 28.4 Å². The van der Waals surface area contributed by atoms with Crippen molar-refractivity contribution in [2.75, 3.05) is 0 Å². The van der Waals surface area contributed by atoms with Crippen LogP contribution in [0.15, 0.2) is 17.2 Å². The largest absolute Gasteiger partial charge is 0.326 e. The molecule has 0 unspecified atom stereocenters. The number of ketones is 1. The quantitative estimate of drug-likeness (QED) is 0.636. The summed E-state index contributed by atoms with van der Waals surface area (Å²) in [6, 6.07) is 0. The van der Waals surface area contributed by atoms with Crippen molar-refractivity contribution < 1.29 is 4.79 Å². The van der Waals surface area contributed by atoms with E-state index in [9.17, 15) is 9.59 Å². The van der Waals surface area contributed by atoms with Gasteiger partial charge in [-0.05, 0) is 0 Å². The fraction of sp³-hybridized carbons (Fsp3) is 0.375. The van der Waals surface area contributed by atoms with E-state index in [-0.39, 0.29) is 11.5 Å². The number of aromatic amines is 1. The molecule has 0 aliphatic carbocycles. The number of carbonyl (C=O) groups excluding carboxylic acids is 1. The minimum Gasteiger partial charge on any atom is -0.326 e.